The smallest absolute Gasteiger partial charge is 0.137 e. The third kappa shape index (κ3) is 2.87. The lowest BCUT2D eigenvalue weighted by atomic mass is 9.99. The van der Waals surface area contributed by atoms with E-state index >= 15 is 0 Å². The molecule has 10 rings (SSSR count). The molecule has 6 aromatic carbocycles. The maximum atomic E-state index is 6.39. The van der Waals surface area contributed by atoms with Crippen LogP contribution in [0.25, 0.3) is 77.3 Å². The Bertz CT molecular complexity index is 2550. The Morgan fingerprint density at radius 2 is 1.29 bits per heavy atom. The maximum absolute atomic E-state index is 6.39. The quantitative estimate of drug-likeness (QED) is 0.212. The minimum Gasteiger partial charge on any atom is -0.456 e. The maximum Gasteiger partial charge on any atom is 0.137 e. The molecule has 3 aromatic heterocycles. The number of rotatable bonds is 2. The Hall–Kier alpha value is -5.19. The Morgan fingerprint density at radius 3 is 2.24 bits per heavy atom. The van der Waals surface area contributed by atoms with Gasteiger partial charge in [-0.15, -0.1) is 0 Å². The van der Waals surface area contributed by atoms with Crippen molar-refractivity contribution in [3.8, 4) is 22.5 Å². The number of benzene rings is 6. The van der Waals surface area contributed by atoms with Crippen LogP contribution in [0.2, 0.25) is 0 Å². The van der Waals surface area contributed by atoms with Crippen LogP contribution < -0.4 is 0 Å². The molecule has 196 valence electrons. The van der Waals surface area contributed by atoms with Crippen molar-refractivity contribution in [1.29, 1.82) is 0 Å². The molecule has 0 radical (unpaired) electrons. The summed E-state index contributed by atoms with van der Waals surface area (Å²) in [5.41, 5.74) is 10.2. The number of para-hydroxylation sites is 3. The van der Waals surface area contributed by atoms with Crippen LogP contribution in [0.15, 0.2) is 148 Å². The first-order valence-corrected chi connectivity index (χ1v) is 15.0. The SMILES string of the molecule is c1ccc(-c2cccc3c2c2c4cccc5c4n(c2n3-c2ccc3c(c2)oc2ccccc23)-c2ccccc2S5)cc1. The summed E-state index contributed by atoms with van der Waals surface area (Å²) in [4.78, 5) is 2.55. The first-order valence-electron chi connectivity index (χ1n) is 14.2. The van der Waals surface area contributed by atoms with Crippen LogP contribution in [0.4, 0.5) is 0 Å². The van der Waals surface area contributed by atoms with Gasteiger partial charge in [-0.05, 0) is 53.6 Å². The van der Waals surface area contributed by atoms with Crippen LogP contribution in [0.3, 0.4) is 0 Å². The third-order valence-electron chi connectivity index (χ3n) is 8.70. The molecule has 0 aliphatic carbocycles. The summed E-state index contributed by atoms with van der Waals surface area (Å²) in [5.74, 6) is 0. The van der Waals surface area contributed by atoms with Gasteiger partial charge in [0.25, 0.3) is 0 Å². The summed E-state index contributed by atoms with van der Waals surface area (Å²) in [7, 11) is 0. The first-order chi connectivity index (χ1) is 20.8. The zero-order valence-corrected chi connectivity index (χ0v) is 23.2. The molecule has 0 saturated carbocycles. The van der Waals surface area contributed by atoms with Crippen LogP contribution in [-0.4, -0.2) is 9.13 Å². The number of fused-ring (bicyclic) bond motifs is 10. The third-order valence-corrected chi connectivity index (χ3v) is 9.82. The van der Waals surface area contributed by atoms with Crippen molar-refractivity contribution in [2.24, 2.45) is 0 Å². The molecule has 1 aliphatic heterocycles. The highest BCUT2D eigenvalue weighted by Gasteiger charge is 2.29. The van der Waals surface area contributed by atoms with Crippen molar-refractivity contribution in [3.63, 3.8) is 0 Å². The molecule has 0 bridgehead atoms. The van der Waals surface area contributed by atoms with E-state index in [1.165, 1.54) is 59.4 Å². The Balaban J connectivity index is 1.43. The molecule has 42 heavy (non-hydrogen) atoms. The molecule has 4 heterocycles. The van der Waals surface area contributed by atoms with Crippen molar-refractivity contribution in [2.75, 3.05) is 0 Å². The summed E-state index contributed by atoms with van der Waals surface area (Å²) < 4.78 is 11.3. The molecule has 0 atom stereocenters. The van der Waals surface area contributed by atoms with E-state index in [1.54, 1.807) is 0 Å². The molecule has 1 aliphatic rings. The Labute approximate surface area is 245 Å². The topological polar surface area (TPSA) is 23.0 Å². The van der Waals surface area contributed by atoms with E-state index in [2.05, 4.69) is 130 Å². The lowest BCUT2D eigenvalue weighted by Crippen LogP contribution is -2.05. The number of furan rings is 1. The number of aromatic nitrogens is 2. The van der Waals surface area contributed by atoms with Gasteiger partial charge in [-0.25, -0.2) is 0 Å². The Morgan fingerprint density at radius 1 is 0.524 bits per heavy atom. The van der Waals surface area contributed by atoms with Gasteiger partial charge in [0, 0.05) is 42.8 Å². The molecule has 0 saturated heterocycles. The molecule has 0 fully saturated rings. The summed E-state index contributed by atoms with van der Waals surface area (Å²) in [5, 5.41) is 6.11. The zero-order chi connectivity index (χ0) is 27.4. The van der Waals surface area contributed by atoms with Gasteiger partial charge < -0.3 is 4.42 Å². The van der Waals surface area contributed by atoms with Crippen LogP contribution in [-0.2, 0) is 0 Å². The van der Waals surface area contributed by atoms with Crippen LogP contribution in [0.5, 0.6) is 0 Å². The molecule has 0 amide bonds. The fourth-order valence-corrected chi connectivity index (χ4v) is 8.08. The molecule has 0 spiro atoms. The van der Waals surface area contributed by atoms with E-state index < -0.39 is 0 Å². The van der Waals surface area contributed by atoms with Crippen molar-refractivity contribution < 1.29 is 4.42 Å². The molecule has 4 heteroatoms. The van der Waals surface area contributed by atoms with Gasteiger partial charge in [-0.2, -0.15) is 0 Å². The second-order valence-corrected chi connectivity index (χ2v) is 12.0. The highest BCUT2D eigenvalue weighted by Crippen LogP contribution is 2.50. The summed E-state index contributed by atoms with van der Waals surface area (Å²) in [6, 6.07) is 47.9. The van der Waals surface area contributed by atoms with E-state index in [0.717, 1.165) is 27.6 Å². The largest absolute Gasteiger partial charge is 0.456 e. The van der Waals surface area contributed by atoms with Gasteiger partial charge >= 0.3 is 0 Å². The minimum absolute atomic E-state index is 0.898. The van der Waals surface area contributed by atoms with E-state index in [0.29, 0.717) is 0 Å². The number of hydrogen-bond acceptors (Lipinski definition) is 2. The Kier molecular flexibility index (Phi) is 4.38. The van der Waals surface area contributed by atoms with Gasteiger partial charge in [-0.1, -0.05) is 96.7 Å². The lowest BCUT2D eigenvalue weighted by Gasteiger charge is -2.21. The first kappa shape index (κ1) is 22.5. The highest BCUT2D eigenvalue weighted by molar-refractivity contribution is 7.99. The second-order valence-electron chi connectivity index (χ2n) is 10.9. The van der Waals surface area contributed by atoms with Gasteiger partial charge in [0.2, 0.25) is 0 Å². The fraction of sp³-hybridized carbons (Fsp3) is 0. The number of hydrogen-bond donors (Lipinski definition) is 0. The second kappa shape index (κ2) is 8.19. The van der Waals surface area contributed by atoms with Crippen LogP contribution in [0, 0.1) is 0 Å². The molecule has 9 aromatic rings. The predicted octanol–water partition coefficient (Wildman–Crippen LogP) is 10.8. The van der Waals surface area contributed by atoms with Crippen molar-refractivity contribution in [3.05, 3.63) is 133 Å². The molecular formula is C38H22N2OS. The van der Waals surface area contributed by atoms with Gasteiger partial charge in [-0.3, -0.25) is 9.13 Å². The lowest BCUT2D eigenvalue weighted by molar-refractivity contribution is 0.668. The van der Waals surface area contributed by atoms with Gasteiger partial charge in [0.15, 0.2) is 0 Å². The molecule has 0 N–H and O–H groups in total. The van der Waals surface area contributed by atoms with Crippen molar-refractivity contribution in [2.45, 2.75) is 9.79 Å². The van der Waals surface area contributed by atoms with Crippen LogP contribution >= 0.6 is 11.8 Å². The summed E-state index contributed by atoms with van der Waals surface area (Å²) >= 11 is 1.86. The summed E-state index contributed by atoms with van der Waals surface area (Å²) in [6.45, 7) is 0. The van der Waals surface area contributed by atoms with Crippen molar-refractivity contribution in [1.82, 2.24) is 9.13 Å². The monoisotopic (exact) mass is 554 g/mol. The average Bonchev–Trinajstić information content (AvgIpc) is 3.70. The van der Waals surface area contributed by atoms with E-state index in [-0.39, 0.29) is 0 Å². The molecule has 0 unspecified atom stereocenters. The van der Waals surface area contributed by atoms with Crippen LogP contribution in [0.1, 0.15) is 0 Å². The normalized spacial score (nSPS) is 12.7. The van der Waals surface area contributed by atoms with E-state index in [9.17, 15) is 0 Å². The fourth-order valence-electron chi connectivity index (χ4n) is 6.99. The highest BCUT2D eigenvalue weighted by atomic mass is 32.2. The predicted molar refractivity (Wildman–Crippen MR) is 174 cm³/mol. The minimum atomic E-state index is 0.898. The van der Waals surface area contributed by atoms with E-state index in [1.807, 2.05) is 23.9 Å². The van der Waals surface area contributed by atoms with Gasteiger partial charge in [0.1, 0.15) is 16.8 Å². The summed E-state index contributed by atoms with van der Waals surface area (Å²) in [6.07, 6.45) is 0. The van der Waals surface area contributed by atoms with Crippen molar-refractivity contribution >= 4 is 66.5 Å². The zero-order valence-electron chi connectivity index (χ0n) is 22.4. The standard InChI is InChI=1S/C38H22N2OS/c1-2-10-23(11-3-1)25-13-8-16-30-35(25)36-28-14-9-19-34-37(28)40(29-15-5-7-18-33(29)42-34)38(36)39(30)24-20-21-27-26-12-4-6-17-31(26)41-32(27)22-24/h1-22H. The number of nitrogens with zero attached hydrogens (tertiary/aromatic N) is 2. The molecular weight excluding hydrogens is 532 g/mol. The van der Waals surface area contributed by atoms with E-state index in [4.69, 9.17) is 4.42 Å². The molecule has 3 nitrogen and oxygen atoms in total. The van der Waals surface area contributed by atoms with Gasteiger partial charge in [0.05, 0.1) is 22.4 Å². The average molecular weight is 555 g/mol.